The molecule has 130 valence electrons. The largest absolute Gasteiger partial charge is 0.337 e. The van der Waals surface area contributed by atoms with E-state index in [2.05, 4.69) is 44.5 Å². The first kappa shape index (κ1) is 18.5. The lowest BCUT2D eigenvalue weighted by Gasteiger charge is -2.25. The minimum Gasteiger partial charge on any atom is -0.337 e. The molecule has 2 rings (SSSR count). The van der Waals surface area contributed by atoms with Crippen molar-refractivity contribution in [1.82, 2.24) is 15.5 Å². The van der Waals surface area contributed by atoms with Crippen LogP contribution in [0.15, 0.2) is 47.2 Å². The maximum Gasteiger partial charge on any atom is 0.315 e. The molecule has 0 aliphatic carbocycles. The summed E-state index contributed by atoms with van der Waals surface area (Å²) in [5, 5.41) is 10.2. The molecule has 0 fully saturated rings. The maximum absolute atomic E-state index is 12.1. The van der Waals surface area contributed by atoms with Crippen LogP contribution in [0.2, 0.25) is 0 Å². The highest BCUT2D eigenvalue weighted by Crippen LogP contribution is 2.09. The van der Waals surface area contributed by atoms with E-state index in [-0.39, 0.29) is 18.1 Å². The number of amides is 2. The molecule has 0 spiro atoms. The molecule has 24 heavy (non-hydrogen) atoms. The Bertz CT molecular complexity index is 598. The van der Waals surface area contributed by atoms with Crippen molar-refractivity contribution < 1.29 is 4.79 Å². The molecule has 4 nitrogen and oxygen atoms in total. The molecular weight excluding hydrogens is 318 g/mol. The summed E-state index contributed by atoms with van der Waals surface area (Å²) in [5.74, 6) is 0. The third kappa shape index (κ3) is 6.34. The van der Waals surface area contributed by atoms with Crippen LogP contribution in [0.25, 0.3) is 0 Å². The van der Waals surface area contributed by atoms with Crippen LogP contribution in [-0.2, 0) is 12.8 Å². The number of carbonyl (C=O) groups excluding carboxylic acids is 1. The van der Waals surface area contributed by atoms with E-state index in [0.717, 1.165) is 12.8 Å². The molecule has 1 aromatic heterocycles. The molecule has 2 atom stereocenters. The zero-order chi connectivity index (χ0) is 17.4. The second-order valence-corrected chi connectivity index (χ2v) is 7.18. The zero-order valence-electron chi connectivity index (χ0n) is 14.7. The Morgan fingerprint density at radius 3 is 2.50 bits per heavy atom. The second-order valence-electron chi connectivity index (χ2n) is 6.40. The molecule has 5 heteroatoms. The lowest BCUT2D eigenvalue weighted by Crippen LogP contribution is -2.47. The van der Waals surface area contributed by atoms with Gasteiger partial charge in [0.1, 0.15) is 0 Å². The first-order valence-corrected chi connectivity index (χ1v) is 9.24. The average molecular weight is 346 g/mol. The van der Waals surface area contributed by atoms with E-state index < -0.39 is 0 Å². The highest BCUT2D eigenvalue weighted by molar-refractivity contribution is 7.07. The molecule has 1 aromatic carbocycles. The van der Waals surface area contributed by atoms with Gasteiger partial charge in [0, 0.05) is 18.6 Å². The molecule has 0 aliphatic heterocycles. The van der Waals surface area contributed by atoms with Crippen molar-refractivity contribution in [2.45, 2.75) is 31.8 Å². The number of urea groups is 1. The Hall–Kier alpha value is -1.85. The normalized spacial score (nSPS) is 13.5. The summed E-state index contributed by atoms with van der Waals surface area (Å²) in [4.78, 5) is 14.3. The Labute approximate surface area is 148 Å². The molecular formula is C19H27N3OS. The number of hydrogen-bond acceptors (Lipinski definition) is 3. The number of carbonyl (C=O) groups is 1. The minimum absolute atomic E-state index is 0.0994. The highest BCUT2D eigenvalue weighted by atomic mass is 32.1. The summed E-state index contributed by atoms with van der Waals surface area (Å²) in [7, 11) is 4.10. The molecule has 0 radical (unpaired) electrons. The van der Waals surface area contributed by atoms with Crippen molar-refractivity contribution in [2.24, 2.45) is 0 Å². The average Bonchev–Trinajstić information content (AvgIpc) is 3.04. The number of benzene rings is 1. The maximum atomic E-state index is 12.1. The predicted octanol–water partition coefficient (Wildman–Crippen LogP) is 3.15. The second kappa shape index (κ2) is 9.45. The number of nitrogens with zero attached hydrogens (tertiary/aromatic N) is 1. The number of likely N-dealkylation sites (N-methyl/N-ethyl adjacent to an activating group) is 1. The van der Waals surface area contributed by atoms with Crippen LogP contribution in [0.5, 0.6) is 0 Å². The van der Waals surface area contributed by atoms with E-state index in [4.69, 9.17) is 0 Å². The van der Waals surface area contributed by atoms with Crippen molar-refractivity contribution in [3.05, 3.63) is 58.3 Å². The van der Waals surface area contributed by atoms with Crippen molar-refractivity contribution >= 4 is 17.4 Å². The Morgan fingerprint density at radius 1 is 1.12 bits per heavy atom. The number of nitrogens with one attached hydrogen (secondary N) is 2. The first-order valence-electron chi connectivity index (χ1n) is 8.30. The number of hydrogen-bond donors (Lipinski definition) is 2. The summed E-state index contributed by atoms with van der Waals surface area (Å²) in [6.07, 6.45) is 1.77. The Kier molecular flexibility index (Phi) is 7.28. The van der Waals surface area contributed by atoms with Gasteiger partial charge < -0.3 is 15.5 Å². The molecule has 0 bridgehead atoms. The standard InChI is InChI=1S/C19H27N3OS/c1-15(11-17-9-10-24-14-17)21-19(23)20-13-18(22(2)3)12-16-7-5-4-6-8-16/h4-10,14-15,18H,11-13H2,1-3H3,(H2,20,21,23)/t15-,18-/m0/s1. The highest BCUT2D eigenvalue weighted by Gasteiger charge is 2.14. The van der Waals surface area contributed by atoms with Crippen molar-refractivity contribution in [3.63, 3.8) is 0 Å². The Morgan fingerprint density at radius 2 is 1.88 bits per heavy atom. The van der Waals surface area contributed by atoms with Crippen LogP contribution in [0.4, 0.5) is 4.79 Å². The SMILES string of the molecule is C[C@@H](Cc1ccsc1)NC(=O)NC[C@H](Cc1ccccc1)N(C)C. The van der Waals surface area contributed by atoms with Crippen molar-refractivity contribution in [1.29, 1.82) is 0 Å². The fourth-order valence-corrected chi connectivity index (χ4v) is 3.30. The van der Waals surface area contributed by atoms with Crippen molar-refractivity contribution in [3.8, 4) is 0 Å². The number of rotatable bonds is 8. The van der Waals surface area contributed by atoms with Gasteiger partial charge in [0.25, 0.3) is 0 Å². The molecule has 1 heterocycles. The van der Waals surface area contributed by atoms with Crippen LogP contribution in [0, 0.1) is 0 Å². The van der Waals surface area contributed by atoms with Gasteiger partial charge in [0.15, 0.2) is 0 Å². The molecule has 0 unspecified atom stereocenters. The third-order valence-corrected chi connectivity index (χ3v) is 4.77. The van der Waals surface area contributed by atoms with Crippen molar-refractivity contribution in [2.75, 3.05) is 20.6 Å². The van der Waals surface area contributed by atoms with E-state index in [0.29, 0.717) is 6.54 Å². The summed E-state index contributed by atoms with van der Waals surface area (Å²) in [6, 6.07) is 12.8. The minimum atomic E-state index is -0.0994. The molecule has 2 aromatic rings. The molecule has 0 saturated heterocycles. The van der Waals surface area contributed by atoms with Gasteiger partial charge in [-0.15, -0.1) is 0 Å². The summed E-state index contributed by atoms with van der Waals surface area (Å²) in [6.45, 7) is 2.66. The third-order valence-electron chi connectivity index (χ3n) is 4.04. The lowest BCUT2D eigenvalue weighted by atomic mass is 10.1. The predicted molar refractivity (Wildman–Crippen MR) is 102 cm³/mol. The van der Waals surface area contributed by atoms with Crippen LogP contribution in [0.1, 0.15) is 18.1 Å². The van der Waals surface area contributed by atoms with Gasteiger partial charge >= 0.3 is 6.03 Å². The van der Waals surface area contributed by atoms with E-state index >= 15 is 0 Å². The van der Waals surface area contributed by atoms with Gasteiger partial charge in [-0.3, -0.25) is 0 Å². The molecule has 2 amide bonds. The monoisotopic (exact) mass is 345 g/mol. The zero-order valence-corrected chi connectivity index (χ0v) is 15.5. The van der Waals surface area contributed by atoms with Gasteiger partial charge in [-0.05, 0) is 61.8 Å². The summed E-state index contributed by atoms with van der Waals surface area (Å²) < 4.78 is 0. The van der Waals surface area contributed by atoms with Crippen LogP contribution in [-0.4, -0.2) is 43.7 Å². The molecule has 0 aliphatic rings. The van der Waals surface area contributed by atoms with Gasteiger partial charge in [-0.1, -0.05) is 30.3 Å². The van der Waals surface area contributed by atoms with E-state index in [9.17, 15) is 4.79 Å². The smallest absolute Gasteiger partial charge is 0.315 e. The fourth-order valence-electron chi connectivity index (χ4n) is 2.62. The first-order chi connectivity index (χ1) is 11.5. The molecule has 2 N–H and O–H groups in total. The van der Waals surface area contributed by atoms with Crippen LogP contribution < -0.4 is 10.6 Å². The van der Waals surface area contributed by atoms with Gasteiger partial charge in [0.2, 0.25) is 0 Å². The molecule has 0 saturated carbocycles. The van der Waals surface area contributed by atoms with Crippen LogP contribution >= 0.6 is 11.3 Å². The Balaban J connectivity index is 1.77. The quantitative estimate of drug-likeness (QED) is 0.772. The van der Waals surface area contributed by atoms with E-state index in [1.54, 1.807) is 11.3 Å². The number of thiophene rings is 1. The van der Waals surface area contributed by atoms with E-state index in [1.807, 2.05) is 39.2 Å². The van der Waals surface area contributed by atoms with Crippen LogP contribution in [0.3, 0.4) is 0 Å². The van der Waals surface area contributed by atoms with Gasteiger partial charge in [-0.2, -0.15) is 11.3 Å². The lowest BCUT2D eigenvalue weighted by molar-refractivity contribution is 0.229. The van der Waals surface area contributed by atoms with Gasteiger partial charge in [0.05, 0.1) is 0 Å². The topological polar surface area (TPSA) is 44.4 Å². The summed E-state index contributed by atoms with van der Waals surface area (Å²) in [5.41, 5.74) is 2.55. The van der Waals surface area contributed by atoms with Gasteiger partial charge in [-0.25, -0.2) is 4.79 Å². The summed E-state index contributed by atoms with van der Waals surface area (Å²) >= 11 is 1.68. The van der Waals surface area contributed by atoms with E-state index in [1.165, 1.54) is 11.1 Å². The fraction of sp³-hybridized carbons (Fsp3) is 0.421.